The standard InChI is InChI=1S/C15H16ClN3/c1-4-17-15(7-10(2)3)19-11-8-13(16)12-5-6-18-14(12)9-11/h4-9,18H,1H2,2-3H3,(H,17,19). The number of benzene rings is 1. The number of halogens is 1. The third kappa shape index (κ3) is 3.26. The first-order chi connectivity index (χ1) is 9.10. The van der Waals surface area contributed by atoms with E-state index in [1.807, 2.05) is 44.3 Å². The van der Waals surface area contributed by atoms with Gasteiger partial charge in [0.25, 0.3) is 0 Å². The van der Waals surface area contributed by atoms with Crippen LogP contribution in [0, 0.1) is 0 Å². The predicted molar refractivity (Wildman–Crippen MR) is 84.0 cm³/mol. The number of aliphatic imine (C=N–C) groups is 1. The minimum absolute atomic E-state index is 0.705. The number of anilines is 1. The second-order valence-electron chi connectivity index (χ2n) is 4.44. The Balaban J connectivity index is 2.36. The van der Waals surface area contributed by atoms with Crippen LogP contribution in [0.25, 0.3) is 10.9 Å². The Morgan fingerprint density at radius 3 is 2.89 bits per heavy atom. The van der Waals surface area contributed by atoms with Crippen LogP contribution >= 0.6 is 11.6 Å². The highest BCUT2D eigenvalue weighted by Gasteiger charge is 2.04. The molecule has 0 saturated heterocycles. The van der Waals surface area contributed by atoms with E-state index in [4.69, 9.17) is 11.6 Å². The number of hydrogen-bond acceptors (Lipinski definition) is 1. The Hall–Kier alpha value is -2.00. The van der Waals surface area contributed by atoms with Crippen molar-refractivity contribution in [3.63, 3.8) is 0 Å². The molecule has 1 aromatic carbocycles. The zero-order valence-electron chi connectivity index (χ0n) is 11.0. The lowest BCUT2D eigenvalue weighted by Gasteiger charge is -2.08. The fourth-order valence-electron chi connectivity index (χ4n) is 1.82. The van der Waals surface area contributed by atoms with Gasteiger partial charge in [0.15, 0.2) is 0 Å². The lowest BCUT2D eigenvalue weighted by molar-refractivity contribution is 1.39. The summed E-state index contributed by atoms with van der Waals surface area (Å²) in [6.07, 6.45) is 5.33. The number of rotatable bonds is 3. The molecule has 0 radical (unpaired) electrons. The highest BCUT2D eigenvalue weighted by Crippen LogP contribution is 2.27. The van der Waals surface area contributed by atoms with Gasteiger partial charge in [-0.05, 0) is 38.1 Å². The summed E-state index contributed by atoms with van der Waals surface area (Å²) >= 11 is 6.23. The molecule has 0 saturated carbocycles. The maximum Gasteiger partial charge on any atom is 0.130 e. The van der Waals surface area contributed by atoms with Crippen LogP contribution in [0.1, 0.15) is 13.8 Å². The van der Waals surface area contributed by atoms with Gasteiger partial charge >= 0.3 is 0 Å². The molecule has 1 heterocycles. The summed E-state index contributed by atoms with van der Waals surface area (Å²) in [5.41, 5.74) is 3.03. The van der Waals surface area contributed by atoms with Gasteiger partial charge in [0.1, 0.15) is 5.84 Å². The van der Waals surface area contributed by atoms with Crippen molar-refractivity contribution in [3.05, 3.63) is 53.8 Å². The van der Waals surface area contributed by atoms with Gasteiger partial charge in [-0.3, -0.25) is 0 Å². The molecule has 98 valence electrons. The van der Waals surface area contributed by atoms with Gasteiger partial charge in [0.05, 0.1) is 5.02 Å². The number of allylic oxidation sites excluding steroid dienone is 1. The highest BCUT2D eigenvalue weighted by molar-refractivity contribution is 6.35. The van der Waals surface area contributed by atoms with E-state index in [1.54, 1.807) is 0 Å². The molecule has 0 unspecified atom stereocenters. The van der Waals surface area contributed by atoms with Gasteiger partial charge in [-0.15, -0.1) is 0 Å². The lowest BCUT2D eigenvalue weighted by Crippen LogP contribution is -2.09. The molecule has 0 atom stereocenters. The van der Waals surface area contributed by atoms with E-state index >= 15 is 0 Å². The van der Waals surface area contributed by atoms with E-state index in [9.17, 15) is 0 Å². The molecule has 0 bridgehead atoms. The molecule has 2 aromatic rings. The SMILES string of the molecule is C=C/N=C(\C=C(C)C)Nc1cc(Cl)c2cc[nH]c2c1. The molecule has 2 N–H and O–H groups in total. The van der Waals surface area contributed by atoms with Crippen LogP contribution in [0.3, 0.4) is 0 Å². The molecule has 0 fully saturated rings. The molecule has 0 amide bonds. The summed E-state index contributed by atoms with van der Waals surface area (Å²) in [4.78, 5) is 7.34. The van der Waals surface area contributed by atoms with Crippen molar-refractivity contribution in [1.29, 1.82) is 0 Å². The van der Waals surface area contributed by atoms with Crippen molar-refractivity contribution < 1.29 is 0 Å². The van der Waals surface area contributed by atoms with Crippen LogP contribution in [0.5, 0.6) is 0 Å². The number of H-pyrrole nitrogens is 1. The molecule has 0 aliphatic heterocycles. The molecular formula is C15H16ClN3. The minimum atomic E-state index is 0.705. The first-order valence-electron chi connectivity index (χ1n) is 5.97. The zero-order valence-corrected chi connectivity index (χ0v) is 11.8. The van der Waals surface area contributed by atoms with Crippen LogP contribution in [-0.4, -0.2) is 10.8 Å². The average Bonchev–Trinajstić information content (AvgIpc) is 2.77. The number of nitrogens with one attached hydrogen (secondary N) is 2. The maximum absolute atomic E-state index is 6.23. The van der Waals surface area contributed by atoms with Gasteiger partial charge in [-0.1, -0.05) is 23.8 Å². The first kappa shape index (κ1) is 13.4. The topological polar surface area (TPSA) is 40.2 Å². The highest BCUT2D eigenvalue weighted by atomic mass is 35.5. The van der Waals surface area contributed by atoms with Gasteiger partial charge in [-0.2, -0.15) is 0 Å². The molecule has 0 spiro atoms. The van der Waals surface area contributed by atoms with E-state index < -0.39 is 0 Å². The summed E-state index contributed by atoms with van der Waals surface area (Å²) < 4.78 is 0. The molecular weight excluding hydrogens is 258 g/mol. The van der Waals surface area contributed by atoms with E-state index in [-0.39, 0.29) is 0 Å². The monoisotopic (exact) mass is 273 g/mol. The van der Waals surface area contributed by atoms with Crippen molar-refractivity contribution in [2.75, 3.05) is 5.32 Å². The number of aromatic nitrogens is 1. The largest absolute Gasteiger partial charge is 0.361 e. The van der Waals surface area contributed by atoms with Crippen molar-refractivity contribution in [2.24, 2.45) is 4.99 Å². The second-order valence-corrected chi connectivity index (χ2v) is 4.85. The molecule has 19 heavy (non-hydrogen) atoms. The summed E-state index contributed by atoms with van der Waals surface area (Å²) in [7, 11) is 0. The fourth-order valence-corrected chi connectivity index (χ4v) is 2.10. The fraction of sp³-hybridized carbons (Fsp3) is 0.133. The van der Waals surface area contributed by atoms with Gasteiger partial charge < -0.3 is 10.3 Å². The minimum Gasteiger partial charge on any atom is -0.361 e. The maximum atomic E-state index is 6.23. The zero-order chi connectivity index (χ0) is 13.8. The molecule has 0 aliphatic carbocycles. The van der Waals surface area contributed by atoms with Crippen LogP contribution in [0.4, 0.5) is 5.69 Å². The molecule has 0 aliphatic rings. The third-order valence-corrected chi connectivity index (χ3v) is 2.86. The van der Waals surface area contributed by atoms with Crippen molar-refractivity contribution >= 4 is 34.0 Å². The normalized spacial score (nSPS) is 11.4. The summed E-state index contributed by atoms with van der Waals surface area (Å²) in [6, 6.07) is 5.84. The van der Waals surface area contributed by atoms with Crippen molar-refractivity contribution in [3.8, 4) is 0 Å². The number of amidine groups is 1. The van der Waals surface area contributed by atoms with Crippen molar-refractivity contribution in [1.82, 2.24) is 4.98 Å². The van der Waals surface area contributed by atoms with E-state index in [0.717, 1.165) is 28.0 Å². The smallest absolute Gasteiger partial charge is 0.130 e. The lowest BCUT2D eigenvalue weighted by atomic mass is 10.2. The molecule has 2 rings (SSSR count). The molecule has 1 aromatic heterocycles. The third-order valence-electron chi connectivity index (χ3n) is 2.55. The Bertz CT molecular complexity index is 661. The van der Waals surface area contributed by atoms with E-state index in [0.29, 0.717) is 5.02 Å². The summed E-state index contributed by atoms with van der Waals surface area (Å²) in [5, 5.41) is 4.95. The van der Waals surface area contributed by atoms with Crippen LogP contribution in [-0.2, 0) is 0 Å². The number of aromatic amines is 1. The molecule has 3 nitrogen and oxygen atoms in total. The Kier molecular flexibility index (Phi) is 4.07. The Morgan fingerprint density at radius 1 is 1.42 bits per heavy atom. The number of nitrogens with zero attached hydrogens (tertiary/aromatic N) is 1. The van der Waals surface area contributed by atoms with Crippen LogP contribution in [0.15, 0.2) is 53.8 Å². The van der Waals surface area contributed by atoms with Gasteiger partial charge in [-0.25, -0.2) is 4.99 Å². The second kappa shape index (κ2) is 5.76. The average molecular weight is 274 g/mol. The number of hydrogen-bond donors (Lipinski definition) is 2. The van der Waals surface area contributed by atoms with Crippen LogP contribution in [0.2, 0.25) is 5.02 Å². The Morgan fingerprint density at radius 2 is 2.21 bits per heavy atom. The summed E-state index contributed by atoms with van der Waals surface area (Å²) in [6.45, 7) is 7.65. The quantitative estimate of drug-likeness (QED) is 0.615. The predicted octanol–water partition coefficient (Wildman–Crippen LogP) is 4.74. The van der Waals surface area contributed by atoms with Crippen molar-refractivity contribution in [2.45, 2.75) is 13.8 Å². The Labute approximate surface area is 117 Å². The number of fused-ring (bicyclic) bond motifs is 1. The van der Waals surface area contributed by atoms with Crippen LogP contribution < -0.4 is 5.32 Å². The first-order valence-corrected chi connectivity index (χ1v) is 6.35. The summed E-state index contributed by atoms with van der Waals surface area (Å²) in [5.74, 6) is 0.733. The molecule has 4 heteroatoms. The van der Waals surface area contributed by atoms with E-state index in [1.165, 1.54) is 6.20 Å². The van der Waals surface area contributed by atoms with E-state index in [2.05, 4.69) is 21.9 Å². The van der Waals surface area contributed by atoms with Gasteiger partial charge in [0, 0.05) is 29.0 Å². The van der Waals surface area contributed by atoms with Gasteiger partial charge in [0.2, 0.25) is 0 Å².